The molecule has 0 aliphatic carbocycles. The summed E-state index contributed by atoms with van der Waals surface area (Å²) in [6.45, 7) is 1.70. The van der Waals surface area contributed by atoms with Crippen molar-refractivity contribution < 1.29 is 9.72 Å². The number of halogens is 1. The van der Waals surface area contributed by atoms with Crippen LogP contribution in [0.2, 0.25) is 0 Å². The van der Waals surface area contributed by atoms with E-state index in [0.717, 1.165) is 4.90 Å². The van der Waals surface area contributed by atoms with Crippen molar-refractivity contribution in [1.29, 1.82) is 0 Å². The smallest absolute Gasteiger partial charge is 0.270 e. The number of nitro groups is 1. The average Bonchev–Trinajstić information content (AvgIpc) is 2.26. The lowest BCUT2D eigenvalue weighted by molar-refractivity contribution is -0.384. The maximum absolute atomic E-state index is 11.8. The Balaban J connectivity index is 3.27. The van der Waals surface area contributed by atoms with E-state index < -0.39 is 4.92 Å². The molecule has 0 spiro atoms. The average molecular weight is 304 g/mol. The molecule has 86 valence electrons. The number of Topliss-reactive ketones (excluding diaryl/α,β-unsaturated/α-hetero) is 1. The van der Waals surface area contributed by atoms with Crippen LogP contribution < -0.4 is 0 Å². The molecule has 1 rings (SSSR count). The monoisotopic (exact) mass is 303 g/mol. The highest BCUT2D eigenvalue weighted by Crippen LogP contribution is 2.27. The standard InChI is InChI=1S/C10H10BrNO3S/c1-6(11)10(13)8-5-7(12(14)15)3-4-9(8)16-2/h3-6H,1-2H3. The van der Waals surface area contributed by atoms with Gasteiger partial charge in [-0.2, -0.15) is 0 Å². The van der Waals surface area contributed by atoms with Crippen LogP contribution in [-0.4, -0.2) is 21.8 Å². The summed E-state index contributed by atoms with van der Waals surface area (Å²) in [6, 6.07) is 4.33. The van der Waals surface area contributed by atoms with E-state index in [-0.39, 0.29) is 16.3 Å². The van der Waals surface area contributed by atoms with Crippen molar-refractivity contribution in [2.24, 2.45) is 0 Å². The Hall–Kier alpha value is -0.880. The van der Waals surface area contributed by atoms with Gasteiger partial charge in [0, 0.05) is 22.6 Å². The van der Waals surface area contributed by atoms with E-state index in [2.05, 4.69) is 15.9 Å². The quantitative estimate of drug-likeness (QED) is 0.281. The third kappa shape index (κ3) is 2.82. The molecule has 0 fully saturated rings. The highest BCUT2D eigenvalue weighted by Gasteiger charge is 2.19. The molecular formula is C10H10BrNO3S. The minimum absolute atomic E-state index is 0.0608. The molecule has 0 amide bonds. The fourth-order valence-electron chi connectivity index (χ4n) is 1.22. The third-order valence-electron chi connectivity index (χ3n) is 2.02. The van der Waals surface area contributed by atoms with Crippen LogP contribution in [0.15, 0.2) is 23.1 Å². The van der Waals surface area contributed by atoms with Crippen LogP contribution in [-0.2, 0) is 0 Å². The van der Waals surface area contributed by atoms with Gasteiger partial charge < -0.3 is 0 Å². The molecule has 0 heterocycles. The minimum atomic E-state index is -0.500. The van der Waals surface area contributed by atoms with Crippen LogP contribution in [0, 0.1) is 10.1 Å². The topological polar surface area (TPSA) is 60.2 Å². The van der Waals surface area contributed by atoms with Gasteiger partial charge in [-0.1, -0.05) is 15.9 Å². The molecule has 6 heteroatoms. The molecule has 0 aliphatic rings. The first-order valence-electron chi connectivity index (χ1n) is 4.48. The molecule has 1 unspecified atom stereocenters. The molecule has 1 atom stereocenters. The molecular weight excluding hydrogens is 294 g/mol. The Labute approximate surface area is 106 Å². The zero-order valence-corrected chi connectivity index (χ0v) is 11.2. The van der Waals surface area contributed by atoms with Gasteiger partial charge in [0.15, 0.2) is 5.78 Å². The second-order valence-electron chi connectivity index (χ2n) is 3.12. The van der Waals surface area contributed by atoms with E-state index in [0.29, 0.717) is 5.56 Å². The van der Waals surface area contributed by atoms with Crippen molar-refractivity contribution in [3.8, 4) is 0 Å². The van der Waals surface area contributed by atoms with Crippen molar-refractivity contribution in [3.63, 3.8) is 0 Å². The van der Waals surface area contributed by atoms with Crippen LogP contribution in [0.5, 0.6) is 0 Å². The molecule has 0 aliphatic heterocycles. The van der Waals surface area contributed by atoms with E-state index in [1.165, 1.54) is 23.9 Å². The number of benzene rings is 1. The molecule has 0 radical (unpaired) electrons. The Morgan fingerprint density at radius 2 is 2.19 bits per heavy atom. The SMILES string of the molecule is CSc1ccc([N+](=O)[O-])cc1C(=O)C(C)Br. The maximum Gasteiger partial charge on any atom is 0.270 e. The van der Waals surface area contributed by atoms with Crippen molar-refractivity contribution >= 4 is 39.2 Å². The van der Waals surface area contributed by atoms with Gasteiger partial charge >= 0.3 is 0 Å². The first-order valence-corrected chi connectivity index (χ1v) is 6.62. The lowest BCUT2D eigenvalue weighted by Crippen LogP contribution is -2.11. The Bertz CT molecular complexity index is 434. The predicted molar refractivity (Wildman–Crippen MR) is 67.6 cm³/mol. The van der Waals surface area contributed by atoms with Crippen molar-refractivity contribution in [2.75, 3.05) is 6.26 Å². The Morgan fingerprint density at radius 1 is 1.56 bits per heavy atom. The Morgan fingerprint density at radius 3 is 2.62 bits per heavy atom. The van der Waals surface area contributed by atoms with Gasteiger partial charge in [-0.05, 0) is 19.2 Å². The lowest BCUT2D eigenvalue weighted by Gasteiger charge is -2.07. The van der Waals surface area contributed by atoms with Gasteiger partial charge in [0.05, 0.1) is 9.75 Å². The number of ketones is 1. The van der Waals surface area contributed by atoms with Crippen LogP contribution in [0.4, 0.5) is 5.69 Å². The van der Waals surface area contributed by atoms with Gasteiger partial charge in [0.25, 0.3) is 5.69 Å². The highest BCUT2D eigenvalue weighted by molar-refractivity contribution is 9.10. The van der Waals surface area contributed by atoms with Crippen LogP contribution in [0.25, 0.3) is 0 Å². The summed E-state index contributed by atoms with van der Waals surface area (Å²) in [5.74, 6) is -0.145. The minimum Gasteiger partial charge on any atom is -0.293 e. The summed E-state index contributed by atoms with van der Waals surface area (Å²) in [6.07, 6.45) is 1.83. The summed E-state index contributed by atoms with van der Waals surface area (Å²) in [5, 5.41) is 10.6. The molecule has 0 N–H and O–H groups in total. The van der Waals surface area contributed by atoms with Gasteiger partial charge in [-0.15, -0.1) is 11.8 Å². The molecule has 1 aromatic rings. The number of non-ortho nitro benzene ring substituents is 1. The highest BCUT2D eigenvalue weighted by atomic mass is 79.9. The zero-order chi connectivity index (χ0) is 12.3. The predicted octanol–water partition coefficient (Wildman–Crippen LogP) is 3.28. The first kappa shape index (κ1) is 13.2. The number of hydrogen-bond acceptors (Lipinski definition) is 4. The van der Waals surface area contributed by atoms with Crippen molar-refractivity contribution in [1.82, 2.24) is 0 Å². The molecule has 0 aromatic heterocycles. The summed E-state index contributed by atoms with van der Waals surface area (Å²) >= 11 is 4.57. The van der Waals surface area contributed by atoms with E-state index in [1.54, 1.807) is 13.0 Å². The second-order valence-corrected chi connectivity index (χ2v) is 5.34. The van der Waals surface area contributed by atoms with Crippen LogP contribution >= 0.6 is 27.7 Å². The summed E-state index contributed by atoms with van der Waals surface area (Å²) in [4.78, 5) is 22.3. The van der Waals surface area contributed by atoms with Gasteiger partial charge in [-0.25, -0.2) is 0 Å². The summed E-state index contributed by atoms with van der Waals surface area (Å²) in [7, 11) is 0. The molecule has 4 nitrogen and oxygen atoms in total. The molecule has 0 bridgehead atoms. The number of carbonyl (C=O) groups excluding carboxylic acids is 1. The van der Waals surface area contributed by atoms with Gasteiger partial charge in [0.1, 0.15) is 0 Å². The van der Waals surface area contributed by atoms with Gasteiger partial charge in [0.2, 0.25) is 0 Å². The van der Waals surface area contributed by atoms with Crippen molar-refractivity contribution in [3.05, 3.63) is 33.9 Å². The lowest BCUT2D eigenvalue weighted by atomic mass is 10.1. The van der Waals surface area contributed by atoms with E-state index in [1.807, 2.05) is 6.26 Å². The number of nitrogens with zero attached hydrogens (tertiary/aromatic N) is 1. The van der Waals surface area contributed by atoms with E-state index >= 15 is 0 Å². The largest absolute Gasteiger partial charge is 0.293 e. The van der Waals surface area contributed by atoms with Crippen LogP contribution in [0.3, 0.4) is 0 Å². The number of thioether (sulfide) groups is 1. The van der Waals surface area contributed by atoms with Crippen LogP contribution in [0.1, 0.15) is 17.3 Å². The van der Waals surface area contributed by atoms with Gasteiger partial charge in [-0.3, -0.25) is 14.9 Å². The number of nitro benzene ring substituents is 1. The fraction of sp³-hybridized carbons (Fsp3) is 0.300. The fourth-order valence-corrected chi connectivity index (χ4v) is 2.05. The molecule has 0 saturated carbocycles. The number of rotatable bonds is 4. The molecule has 16 heavy (non-hydrogen) atoms. The summed E-state index contributed by atoms with van der Waals surface area (Å²) < 4.78 is 0. The van der Waals surface area contributed by atoms with E-state index in [4.69, 9.17) is 0 Å². The molecule has 1 aromatic carbocycles. The number of alkyl halides is 1. The third-order valence-corrected chi connectivity index (χ3v) is 3.23. The second kappa shape index (κ2) is 5.45. The van der Waals surface area contributed by atoms with Crippen molar-refractivity contribution in [2.45, 2.75) is 16.6 Å². The Kier molecular flexibility index (Phi) is 4.49. The van der Waals surface area contributed by atoms with E-state index in [9.17, 15) is 14.9 Å². The number of hydrogen-bond donors (Lipinski definition) is 0. The normalized spacial score (nSPS) is 12.2. The molecule has 0 saturated heterocycles. The summed E-state index contributed by atoms with van der Waals surface area (Å²) in [5.41, 5.74) is 0.334. The maximum atomic E-state index is 11.8. The number of carbonyl (C=O) groups is 1. The first-order chi connectivity index (χ1) is 7.47. The zero-order valence-electron chi connectivity index (χ0n) is 8.77.